The zero-order valence-corrected chi connectivity index (χ0v) is 19.5. The van der Waals surface area contributed by atoms with Crippen LogP contribution >= 0.6 is 12.2 Å². The molecule has 0 spiro atoms. The van der Waals surface area contributed by atoms with Crippen molar-refractivity contribution in [1.82, 2.24) is 9.88 Å². The summed E-state index contributed by atoms with van der Waals surface area (Å²) in [5.41, 5.74) is 4.08. The number of hydrogen-bond donors (Lipinski definition) is 1. The number of thiocarbonyl (C=S) groups is 1. The number of nitrogens with one attached hydrogen (secondary N) is 1. The van der Waals surface area contributed by atoms with E-state index in [2.05, 4.69) is 5.32 Å². The van der Waals surface area contributed by atoms with E-state index in [4.69, 9.17) is 21.7 Å². The second kappa shape index (κ2) is 8.91. The number of nitrogens with zero attached hydrogens (tertiary/aromatic N) is 2. The highest BCUT2D eigenvalue weighted by Gasteiger charge is 2.34. The predicted octanol–water partition coefficient (Wildman–Crippen LogP) is 3.94. The molecule has 2 aromatic carbocycles. The average molecular weight is 462 g/mol. The Kier molecular flexibility index (Phi) is 6.02. The van der Waals surface area contributed by atoms with Gasteiger partial charge in [-0.05, 0) is 80.2 Å². The molecule has 4 rings (SSSR count). The van der Waals surface area contributed by atoms with Gasteiger partial charge in [0.05, 0.1) is 19.9 Å². The Morgan fingerprint density at radius 3 is 2.27 bits per heavy atom. The molecule has 7 nitrogen and oxygen atoms in total. The van der Waals surface area contributed by atoms with Crippen LogP contribution in [0.5, 0.6) is 11.5 Å². The first-order valence-electron chi connectivity index (χ1n) is 10.2. The van der Waals surface area contributed by atoms with Crippen LogP contribution in [0.15, 0.2) is 60.2 Å². The molecule has 33 heavy (non-hydrogen) atoms. The smallest absolute Gasteiger partial charge is 0.270 e. The van der Waals surface area contributed by atoms with Crippen LogP contribution in [0, 0.1) is 13.8 Å². The second-order valence-corrected chi connectivity index (χ2v) is 7.91. The Balaban J connectivity index is 1.74. The van der Waals surface area contributed by atoms with Crippen molar-refractivity contribution in [2.75, 3.05) is 19.1 Å². The van der Waals surface area contributed by atoms with Gasteiger partial charge in [-0.25, -0.2) is 0 Å². The lowest BCUT2D eigenvalue weighted by Crippen LogP contribution is -2.54. The number of amides is 2. The van der Waals surface area contributed by atoms with Gasteiger partial charge in [0.2, 0.25) is 0 Å². The lowest BCUT2D eigenvalue weighted by molar-refractivity contribution is -0.122. The minimum atomic E-state index is -0.527. The molecular formula is C25H23N3O4S. The number of rotatable bonds is 5. The summed E-state index contributed by atoms with van der Waals surface area (Å²) in [5, 5.41) is 2.66. The number of hydrogen-bond acceptors (Lipinski definition) is 5. The van der Waals surface area contributed by atoms with Crippen molar-refractivity contribution < 1.29 is 19.1 Å². The van der Waals surface area contributed by atoms with Gasteiger partial charge in [-0.15, -0.1) is 0 Å². The van der Waals surface area contributed by atoms with Crippen molar-refractivity contribution in [3.8, 4) is 17.2 Å². The molecule has 1 aliphatic heterocycles. The van der Waals surface area contributed by atoms with Crippen molar-refractivity contribution >= 4 is 40.9 Å². The largest absolute Gasteiger partial charge is 0.497 e. The minimum absolute atomic E-state index is 0.00492. The molecule has 2 amide bonds. The maximum atomic E-state index is 13.3. The first-order valence-corrected chi connectivity index (χ1v) is 10.6. The number of carbonyl (C=O) groups excluding carboxylic acids is 2. The van der Waals surface area contributed by atoms with Crippen LogP contribution in [0.2, 0.25) is 0 Å². The number of ether oxygens (including phenoxy) is 2. The Bertz CT molecular complexity index is 1290. The molecule has 2 heterocycles. The highest BCUT2D eigenvalue weighted by Crippen LogP contribution is 2.28. The number of anilines is 1. The van der Waals surface area contributed by atoms with Gasteiger partial charge in [-0.3, -0.25) is 19.8 Å². The molecule has 0 radical (unpaired) electrons. The maximum Gasteiger partial charge on any atom is 0.270 e. The van der Waals surface area contributed by atoms with Crippen LogP contribution in [-0.4, -0.2) is 35.7 Å². The van der Waals surface area contributed by atoms with Crippen molar-refractivity contribution in [1.29, 1.82) is 0 Å². The van der Waals surface area contributed by atoms with E-state index in [1.807, 2.05) is 48.7 Å². The number of carbonyl (C=O) groups is 2. The second-order valence-electron chi connectivity index (χ2n) is 7.52. The number of methoxy groups -OCH3 is 2. The Hall–Kier alpha value is -3.91. The van der Waals surface area contributed by atoms with Gasteiger partial charge in [0.1, 0.15) is 17.1 Å². The summed E-state index contributed by atoms with van der Waals surface area (Å²) in [6, 6.07) is 16.5. The summed E-state index contributed by atoms with van der Waals surface area (Å²) in [5.74, 6) is 0.380. The van der Waals surface area contributed by atoms with Crippen LogP contribution in [0.25, 0.3) is 11.8 Å². The first kappa shape index (κ1) is 22.3. The van der Waals surface area contributed by atoms with Gasteiger partial charge in [-0.2, -0.15) is 0 Å². The van der Waals surface area contributed by atoms with E-state index in [-0.39, 0.29) is 10.7 Å². The normalized spacial score (nSPS) is 15.1. The standard InChI is InChI=1S/C25H23N3O4S/c1-15-12-17(16(2)27(15)19-6-5-7-21(14-19)32-4)13-22-23(29)26-25(33)28(24(22)30)18-8-10-20(31-3)11-9-18/h5-14H,1-4H3,(H,26,29,33)/b22-13+. The third-order valence-electron chi connectivity index (χ3n) is 5.51. The molecule has 1 aromatic heterocycles. The summed E-state index contributed by atoms with van der Waals surface area (Å²) in [4.78, 5) is 27.3. The number of aromatic nitrogens is 1. The molecule has 1 N–H and O–H groups in total. The summed E-state index contributed by atoms with van der Waals surface area (Å²) in [7, 11) is 3.19. The highest BCUT2D eigenvalue weighted by atomic mass is 32.1. The summed E-state index contributed by atoms with van der Waals surface area (Å²) >= 11 is 5.28. The van der Waals surface area contributed by atoms with E-state index < -0.39 is 11.8 Å². The monoisotopic (exact) mass is 461 g/mol. The van der Waals surface area contributed by atoms with Crippen LogP contribution in [-0.2, 0) is 9.59 Å². The van der Waals surface area contributed by atoms with Gasteiger partial charge < -0.3 is 14.0 Å². The van der Waals surface area contributed by atoms with Crippen LogP contribution in [0.3, 0.4) is 0 Å². The number of benzene rings is 2. The predicted molar refractivity (Wildman–Crippen MR) is 131 cm³/mol. The van der Waals surface area contributed by atoms with Crippen molar-refractivity contribution in [2.45, 2.75) is 13.8 Å². The molecule has 0 aliphatic carbocycles. The van der Waals surface area contributed by atoms with Crippen LogP contribution < -0.4 is 19.7 Å². The quantitative estimate of drug-likeness (QED) is 0.354. The molecule has 1 fully saturated rings. The summed E-state index contributed by atoms with van der Waals surface area (Å²) < 4.78 is 12.6. The lowest BCUT2D eigenvalue weighted by atomic mass is 10.1. The zero-order valence-electron chi connectivity index (χ0n) is 18.7. The molecule has 1 aliphatic rings. The van der Waals surface area contributed by atoms with Gasteiger partial charge in [0, 0.05) is 23.1 Å². The molecule has 0 saturated carbocycles. The Morgan fingerprint density at radius 2 is 1.61 bits per heavy atom. The molecule has 0 atom stereocenters. The first-order chi connectivity index (χ1) is 15.8. The maximum absolute atomic E-state index is 13.3. The molecule has 0 bridgehead atoms. The van der Waals surface area contributed by atoms with Crippen molar-refractivity contribution in [3.05, 3.63) is 77.1 Å². The van der Waals surface area contributed by atoms with Gasteiger partial charge in [0.15, 0.2) is 5.11 Å². The summed E-state index contributed by atoms with van der Waals surface area (Å²) in [6.45, 7) is 3.91. The zero-order chi connectivity index (χ0) is 23.7. The molecule has 3 aromatic rings. The van der Waals surface area contributed by atoms with E-state index in [1.54, 1.807) is 44.6 Å². The fourth-order valence-corrected chi connectivity index (χ4v) is 4.14. The molecule has 8 heteroatoms. The highest BCUT2D eigenvalue weighted by molar-refractivity contribution is 7.80. The number of aryl methyl sites for hydroxylation is 1. The molecule has 1 saturated heterocycles. The van der Waals surface area contributed by atoms with Gasteiger partial charge >= 0.3 is 0 Å². The van der Waals surface area contributed by atoms with E-state index in [0.29, 0.717) is 11.4 Å². The van der Waals surface area contributed by atoms with Gasteiger partial charge in [-0.1, -0.05) is 6.07 Å². The van der Waals surface area contributed by atoms with Crippen molar-refractivity contribution in [3.63, 3.8) is 0 Å². The Morgan fingerprint density at radius 1 is 0.909 bits per heavy atom. The third-order valence-corrected chi connectivity index (χ3v) is 5.80. The fourth-order valence-electron chi connectivity index (χ4n) is 3.86. The topological polar surface area (TPSA) is 72.8 Å². The molecular weight excluding hydrogens is 438 g/mol. The van der Waals surface area contributed by atoms with Crippen LogP contribution in [0.4, 0.5) is 5.69 Å². The molecule has 168 valence electrons. The van der Waals surface area contributed by atoms with E-state index in [0.717, 1.165) is 28.4 Å². The van der Waals surface area contributed by atoms with Gasteiger partial charge in [0.25, 0.3) is 11.8 Å². The third kappa shape index (κ3) is 4.12. The molecule has 0 unspecified atom stereocenters. The van der Waals surface area contributed by atoms with Crippen LogP contribution in [0.1, 0.15) is 17.0 Å². The summed E-state index contributed by atoms with van der Waals surface area (Å²) in [6.07, 6.45) is 1.61. The van der Waals surface area contributed by atoms with E-state index >= 15 is 0 Å². The van der Waals surface area contributed by atoms with Crippen molar-refractivity contribution in [2.24, 2.45) is 0 Å². The Labute approximate surface area is 197 Å². The van der Waals surface area contributed by atoms with E-state index in [1.165, 1.54) is 4.90 Å². The minimum Gasteiger partial charge on any atom is -0.497 e. The van der Waals surface area contributed by atoms with E-state index in [9.17, 15) is 9.59 Å². The SMILES string of the molecule is COc1ccc(N2C(=O)/C(=C/c3cc(C)n(-c4cccc(OC)c4)c3C)C(=O)NC2=S)cc1. The average Bonchev–Trinajstić information content (AvgIpc) is 3.09. The fraction of sp³-hybridized carbons (Fsp3) is 0.160. The lowest BCUT2D eigenvalue weighted by Gasteiger charge is -2.29.